The lowest BCUT2D eigenvalue weighted by Gasteiger charge is -2.17. The van der Waals surface area contributed by atoms with E-state index in [9.17, 15) is 50.0 Å². The molecule has 0 radical (unpaired) electrons. The van der Waals surface area contributed by atoms with Crippen LogP contribution in [0.1, 0.15) is 33.4 Å². The van der Waals surface area contributed by atoms with Crippen LogP contribution in [0.15, 0.2) is 24.3 Å². The van der Waals surface area contributed by atoms with E-state index in [4.69, 9.17) is 15.8 Å². The van der Waals surface area contributed by atoms with E-state index in [1.807, 2.05) is 0 Å². The Morgan fingerprint density at radius 2 is 1.03 bits per heavy atom. The Labute approximate surface area is 194 Å². The molecule has 0 atom stereocenters. The molecule has 0 spiro atoms. The Morgan fingerprint density at radius 3 is 1.36 bits per heavy atom. The SMILES string of the molecule is N#CC(C#N)=c1cc(C(F)(F)F)/c(=C(/C#N)c2cc(C(F)(F)F)c(C#N)c(C(F)(F)F)c2)cc1C#N. The fraction of sp³-hybridized carbons (Fsp3) is 0.136. The summed E-state index contributed by atoms with van der Waals surface area (Å²) in [6.07, 6.45) is -16.5. The minimum absolute atomic E-state index is 0.0887. The second kappa shape index (κ2) is 9.33. The number of hydrogen-bond acceptors (Lipinski definition) is 5. The van der Waals surface area contributed by atoms with Crippen molar-refractivity contribution in [1.29, 1.82) is 26.3 Å². The van der Waals surface area contributed by atoms with Gasteiger partial charge < -0.3 is 0 Å². The molecule has 0 N–H and O–H groups in total. The summed E-state index contributed by atoms with van der Waals surface area (Å²) in [4.78, 5) is 0. The van der Waals surface area contributed by atoms with Crippen molar-refractivity contribution in [3.05, 3.63) is 68.1 Å². The Kier molecular flexibility index (Phi) is 7.06. The number of alkyl halides is 9. The summed E-state index contributed by atoms with van der Waals surface area (Å²) < 4.78 is 122. The van der Waals surface area contributed by atoms with Gasteiger partial charge in [-0.3, -0.25) is 0 Å². The van der Waals surface area contributed by atoms with Crippen LogP contribution in [0.5, 0.6) is 0 Å². The van der Waals surface area contributed by atoms with Crippen LogP contribution in [0, 0.1) is 56.7 Å². The van der Waals surface area contributed by atoms with Crippen molar-refractivity contribution < 1.29 is 39.5 Å². The molecule has 0 bridgehead atoms. The maximum absolute atomic E-state index is 13.8. The van der Waals surface area contributed by atoms with Crippen LogP contribution in [-0.2, 0) is 18.5 Å². The average molecular weight is 509 g/mol. The van der Waals surface area contributed by atoms with Gasteiger partial charge in [0.25, 0.3) is 0 Å². The minimum Gasteiger partial charge on any atom is -0.192 e. The number of benzene rings is 2. The first-order chi connectivity index (χ1) is 16.5. The van der Waals surface area contributed by atoms with E-state index < -0.39 is 73.5 Å². The Bertz CT molecular complexity index is 1540. The molecule has 2 rings (SSSR count). The van der Waals surface area contributed by atoms with Crippen molar-refractivity contribution in [3.63, 3.8) is 0 Å². The van der Waals surface area contributed by atoms with Crippen LogP contribution in [-0.4, -0.2) is 0 Å². The summed E-state index contributed by atoms with van der Waals surface area (Å²) in [5, 5.41) is 43.5. The van der Waals surface area contributed by atoms with Crippen molar-refractivity contribution >= 4 is 11.1 Å². The van der Waals surface area contributed by atoms with Crippen LogP contribution in [0.2, 0.25) is 0 Å². The summed E-state index contributed by atoms with van der Waals surface area (Å²) in [5.41, 5.74) is -12.3. The molecule has 0 aliphatic rings. The van der Waals surface area contributed by atoms with Crippen LogP contribution in [0.3, 0.4) is 0 Å². The van der Waals surface area contributed by atoms with Gasteiger partial charge in [0, 0.05) is 10.4 Å². The quantitative estimate of drug-likeness (QED) is 0.528. The minimum atomic E-state index is -5.57. The molecule has 5 nitrogen and oxygen atoms in total. The van der Waals surface area contributed by atoms with Gasteiger partial charge in [-0.1, -0.05) is 0 Å². The van der Waals surface area contributed by atoms with Crippen molar-refractivity contribution in [2.24, 2.45) is 0 Å². The molecule has 0 aliphatic carbocycles. The Hall–Kier alpha value is -5.00. The first kappa shape index (κ1) is 27.2. The molecule has 0 aromatic heterocycles. The van der Waals surface area contributed by atoms with Gasteiger partial charge in [0.05, 0.1) is 39.5 Å². The fourth-order valence-corrected chi connectivity index (χ4v) is 3.12. The van der Waals surface area contributed by atoms with Gasteiger partial charge in [0.1, 0.15) is 29.8 Å². The first-order valence-corrected chi connectivity index (χ1v) is 8.88. The molecule has 0 fully saturated rings. The molecular weight excluding hydrogens is 505 g/mol. The third-order valence-electron chi connectivity index (χ3n) is 4.61. The number of nitrogens with zero attached hydrogens (tertiary/aromatic N) is 5. The second-order valence-corrected chi connectivity index (χ2v) is 6.69. The number of rotatable bonds is 1. The van der Waals surface area contributed by atoms with Crippen LogP contribution in [0.25, 0.3) is 11.1 Å². The van der Waals surface area contributed by atoms with Crippen molar-refractivity contribution in [2.75, 3.05) is 0 Å². The number of halogens is 9. The summed E-state index contributed by atoms with van der Waals surface area (Å²) in [6, 6.07) is 6.04. The van der Waals surface area contributed by atoms with E-state index in [-0.39, 0.29) is 18.2 Å². The number of hydrogen-bond donors (Lipinski definition) is 0. The molecule has 0 heterocycles. The highest BCUT2D eigenvalue weighted by Gasteiger charge is 2.42. The van der Waals surface area contributed by atoms with E-state index in [2.05, 4.69) is 0 Å². The van der Waals surface area contributed by atoms with E-state index in [0.717, 1.165) is 12.1 Å². The molecule has 0 saturated carbocycles. The molecule has 0 amide bonds. The van der Waals surface area contributed by atoms with Crippen molar-refractivity contribution in [3.8, 4) is 30.3 Å². The first-order valence-electron chi connectivity index (χ1n) is 8.88. The fourth-order valence-electron chi connectivity index (χ4n) is 3.12. The maximum atomic E-state index is 13.8. The predicted octanol–water partition coefficient (Wildman–Crippen LogP) is 4.41. The summed E-state index contributed by atoms with van der Waals surface area (Å²) >= 11 is 0. The van der Waals surface area contributed by atoms with E-state index in [1.54, 1.807) is 0 Å². The summed E-state index contributed by atoms with van der Waals surface area (Å²) in [7, 11) is 0. The maximum Gasteiger partial charge on any atom is 0.417 e. The lowest BCUT2D eigenvalue weighted by atomic mass is 9.91. The largest absolute Gasteiger partial charge is 0.417 e. The lowest BCUT2D eigenvalue weighted by molar-refractivity contribution is -0.143. The normalized spacial score (nSPS) is 12.3. The zero-order chi connectivity index (χ0) is 27.6. The average Bonchev–Trinajstić information content (AvgIpc) is 2.78. The summed E-state index contributed by atoms with van der Waals surface area (Å²) in [6.45, 7) is 0. The highest BCUT2D eigenvalue weighted by atomic mass is 19.4. The molecule has 0 aliphatic heterocycles. The van der Waals surface area contributed by atoms with Crippen LogP contribution >= 0.6 is 0 Å². The Morgan fingerprint density at radius 1 is 0.556 bits per heavy atom. The molecule has 2 aromatic carbocycles. The molecule has 36 heavy (non-hydrogen) atoms. The smallest absolute Gasteiger partial charge is 0.192 e. The molecular formula is C22H4F9N5. The van der Waals surface area contributed by atoms with Crippen molar-refractivity contribution in [2.45, 2.75) is 18.5 Å². The monoisotopic (exact) mass is 509 g/mol. The third-order valence-corrected chi connectivity index (χ3v) is 4.61. The zero-order valence-electron chi connectivity index (χ0n) is 16.9. The summed E-state index contributed by atoms with van der Waals surface area (Å²) in [5.74, 6) is 0. The molecule has 0 saturated heterocycles. The van der Waals surface area contributed by atoms with Gasteiger partial charge in [0.2, 0.25) is 0 Å². The van der Waals surface area contributed by atoms with E-state index in [0.29, 0.717) is 6.07 Å². The van der Waals surface area contributed by atoms with Gasteiger partial charge in [0.15, 0.2) is 0 Å². The second-order valence-electron chi connectivity index (χ2n) is 6.69. The molecule has 0 unspecified atom stereocenters. The van der Waals surface area contributed by atoms with E-state index in [1.165, 1.54) is 18.2 Å². The molecule has 180 valence electrons. The van der Waals surface area contributed by atoms with Gasteiger partial charge in [-0.15, -0.1) is 0 Å². The zero-order valence-corrected chi connectivity index (χ0v) is 16.9. The lowest BCUT2D eigenvalue weighted by Crippen LogP contribution is -2.28. The van der Waals surface area contributed by atoms with Gasteiger partial charge in [-0.2, -0.15) is 65.8 Å². The Balaban J connectivity index is 3.34. The molecule has 2 aromatic rings. The highest BCUT2D eigenvalue weighted by molar-refractivity contribution is 5.80. The van der Waals surface area contributed by atoms with E-state index >= 15 is 0 Å². The van der Waals surface area contributed by atoms with Gasteiger partial charge in [-0.25, -0.2) is 0 Å². The van der Waals surface area contributed by atoms with Gasteiger partial charge >= 0.3 is 18.5 Å². The topological polar surface area (TPSA) is 119 Å². The number of nitriles is 5. The molecule has 14 heteroatoms. The van der Waals surface area contributed by atoms with Crippen molar-refractivity contribution in [1.82, 2.24) is 0 Å². The van der Waals surface area contributed by atoms with Gasteiger partial charge in [-0.05, 0) is 29.8 Å². The standard InChI is InChI=1S/C22H4F9N5/c23-20(24,25)17-2-10(3-18(16(17)9-36)21(26,27)28)15(8-35)14-1-11(5-32)13(12(6-33)7-34)4-19(14)22(29,30)31/h1-4H/b15-14-. The highest BCUT2D eigenvalue weighted by Crippen LogP contribution is 2.41. The van der Waals surface area contributed by atoms with Crippen LogP contribution < -0.4 is 10.4 Å². The predicted molar refractivity (Wildman–Crippen MR) is 99.3 cm³/mol. The third kappa shape index (κ3) is 5.06. The van der Waals surface area contributed by atoms with Crippen LogP contribution in [0.4, 0.5) is 39.5 Å².